The molecule has 3 rings (SSSR count). The number of nitrogens with one attached hydrogen (secondary N) is 1. The highest BCUT2D eigenvalue weighted by Crippen LogP contribution is 2.25. The summed E-state index contributed by atoms with van der Waals surface area (Å²) >= 11 is 0. The van der Waals surface area contributed by atoms with Gasteiger partial charge < -0.3 is 14.4 Å². The first-order valence-electron chi connectivity index (χ1n) is 10.0. The minimum atomic E-state index is -0.482. The number of carbonyl (C=O) groups excluding carboxylic acids is 2. The number of piperidine rings is 1. The van der Waals surface area contributed by atoms with E-state index in [0.717, 1.165) is 0 Å². The van der Waals surface area contributed by atoms with Gasteiger partial charge in [-0.3, -0.25) is 19.7 Å². The zero-order chi connectivity index (χ0) is 23.1. The van der Waals surface area contributed by atoms with Crippen LogP contribution in [0.1, 0.15) is 28.8 Å². The van der Waals surface area contributed by atoms with Gasteiger partial charge in [-0.15, -0.1) is 0 Å². The SMILES string of the molecule is COc1cc(OC)cc(C(=O)N2CCC(C(=O)N/N=C\c3ccc([N+](=O)[O-])cc3)CC2)c1. The molecule has 168 valence electrons. The van der Waals surface area contributed by atoms with Gasteiger partial charge in [-0.05, 0) is 42.7 Å². The van der Waals surface area contributed by atoms with Crippen molar-refractivity contribution in [1.29, 1.82) is 0 Å². The molecule has 0 unspecified atom stereocenters. The third-order valence-corrected chi connectivity index (χ3v) is 5.24. The minimum absolute atomic E-state index is 0.0140. The Morgan fingerprint density at radius 3 is 2.22 bits per heavy atom. The second-order valence-corrected chi connectivity index (χ2v) is 7.25. The lowest BCUT2D eigenvalue weighted by Gasteiger charge is -2.31. The standard InChI is InChI=1S/C22H24N4O6/c1-31-19-11-17(12-20(13-19)32-2)22(28)25-9-7-16(8-10-25)21(27)24-23-14-15-3-5-18(6-4-15)26(29)30/h3-6,11-14,16H,7-10H2,1-2H3,(H,24,27)/b23-14-. The average molecular weight is 440 g/mol. The number of rotatable bonds is 7. The van der Waals surface area contributed by atoms with Crippen LogP contribution in [0.2, 0.25) is 0 Å². The Balaban J connectivity index is 1.52. The Hall–Kier alpha value is -3.95. The van der Waals surface area contributed by atoms with Crippen LogP contribution >= 0.6 is 0 Å². The van der Waals surface area contributed by atoms with Gasteiger partial charge in [0, 0.05) is 42.8 Å². The minimum Gasteiger partial charge on any atom is -0.497 e. The summed E-state index contributed by atoms with van der Waals surface area (Å²) in [7, 11) is 3.05. The summed E-state index contributed by atoms with van der Waals surface area (Å²) in [6.07, 6.45) is 2.47. The lowest BCUT2D eigenvalue weighted by molar-refractivity contribution is -0.384. The molecule has 10 nitrogen and oxygen atoms in total. The molecule has 2 aromatic rings. The maximum absolute atomic E-state index is 12.9. The van der Waals surface area contributed by atoms with E-state index in [9.17, 15) is 19.7 Å². The Morgan fingerprint density at radius 1 is 1.09 bits per heavy atom. The van der Waals surface area contributed by atoms with Gasteiger partial charge in [0.25, 0.3) is 11.6 Å². The third kappa shape index (κ3) is 5.60. The van der Waals surface area contributed by atoms with Crippen LogP contribution in [-0.2, 0) is 4.79 Å². The van der Waals surface area contributed by atoms with Gasteiger partial charge in [-0.2, -0.15) is 5.10 Å². The smallest absolute Gasteiger partial charge is 0.269 e. The first kappa shape index (κ1) is 22.7. The van der Waals surface area contributed by atoms with Gasteiger partial charge in [0.15, 0.2) is 0 Å². The molecule has 1 saturated heterocycles. The van der Waals surface area contributed by atoms with Crippen LogP contribution in [-0.4, -0.2) is 55.2 Å². The van der Waals surface area contributed by atoms with Crippen molar-refractivity contribution in [2.75, 3.05) is 27.3 Å². The quantitative estimate of drug-likeness (QED) is 0.401. The lowest BCUT2D eigenvalue weighted by atomic mass is 9.95. The number of likely N-dealkylation sites (tertiary alicyclic amines) is 1. The van der Waals surface area contributed by atoms with Crippen molar-refractivity contribution in [2.45, 2.75) is 12.8 Å². The average Bonchev–Trinajstić information content (AvgIpc) is 2.83. The fraction of sp³-hybridized carbons (Fsp3) is 0.318. The van der Waals surface area contributed by atoms with Crippen molar-refractivity contribution in [3.63, 3.8) is 0 Å². The number of nitrogens with zero attached hydrogens (tertiary/aromatic N) is 3. The maximum atomic E-state index is 12.9. The summed E-state index contributed by atoms with van der Waals surface area (Å²) in [4.78, 5) is 37.1. The monoisotopic (exact) mass is 440 g/mol. The van der Waals surface area contributed by atoms with Crippen LogP contribution in [0.4, 0.5) is 5.69 Å². The molecule has 2 amide bonds. The molecule has 1 N–H and O–H groups in total. The second kappa shape index (κ2) is 10.4. The highest BCUT2D eigenvalue weighted by atomic mass is 16.6. The molecule has 0 saturated carbocycles. The molecule has 1 aliphatic heterocycles. The van der Waals surface area contributed by atoms with Gasteiger partial charge in [0.2, 0.25) is 5.91 Å². The number of hydrogen-bond donors (Lipinski definition) is 1. The fourth-order valence-corrected chi connectivity index (χ4v) is 3.40. The zero-order valence-corrected chi connectivity index (χ0v) is 17.8. The van der Waals surface area contributed by atoms with E-state index in [0.29, 0.717) is 48.6 Å². The van der Waals surface area contributed by atoms with Gasteiger partial charge in [-0.1, -0.05) is 0 Å². The van der Waals surface area contributed by atoms with Gasteiger partial charge >= 0.3 is 0 Å². The van der Waals surface area contributed by atoms with Crippen LogP contribution in [0.15, 0.2) is 47.6 Å². The molecule has 2 aromatic carbocycles. The predicted octanol–water partition coefficient (Wildman–Crippen LogP) is 2.61. The number of methoxy groups -OCH3 is 2. The normalized spacial score (nSPS) is 14.2. The molecule has 0 bridgehead atoms. The van der Waals surface area contributed by atoms with Crippen molar-refractivity contribution in [2.24, 2.45) is 11.0 Å². The highest BCUT2D eigenvalue weighted by molar-refractivity contribution is 5.95. The number of nitro benzene ring substituents is 1. The predicted molar refractivity (Wildman–Crippen MR) is 117 cm³/mol. The summed E-state index contributed by atoms with van der Waals surface area (Å²) in [6.45, 7) is 0.894. The van der Waals surface area contributed by atoms with Crippen molar-refractivity contribution in [3.05, 3.63) is 63.7 Å². The Kier molecular flexibility index (Phi) is 7.37. The number of hydrazone groups is 1. The summed E-state index contributed by atoms with van der Waals surface area (Å²) in [5, 5.41) is 14.6. The first-order valence-corrected chi connectivity index (χ1v) is 10.0. The van der Waals surface area contributed by atoms with Gasteiger partial charge in [0.05, 0.1) is 25.4 Å². The van der Waals surface area contributed by atoms with Crippen molar-refractivity contribution in [1.82, 2.24) is 10.3 Å². The molecule has 0 atom stereocenters. The van der Waals surface area contributed by atoms with Gasteiger partial charge in [0.1, 0.15) is 11.5 Å². The van der Waals surface area contributed by atoms with Crippen LogP contribution in [0.3, 0.4) is 0 Å². The number of carbonyl (C=O) groups is 2. The molecular formula is C22H24N4O6. The molecule has 1 aliphatic rings. The van der Waals surface area contributed by atoms with Crippen LogP contribution in [0.5, 0.6) is 11.5 Å². The fourth-order valence-electron chi connectivity index (χ4n) is 3.40. The van der Waals surface area contributed by atoms with Crippen LogP contribution in [0.25, 0.3) is 0 Å². The number of nitro groups is 1. The molecule has 0 aromatic heterocycles. The molecule has 0 radical (unpaired) electrons. The molecule has 0 aliphatic carbocycles. The third-order valence-electron chi connectivity index (χ3n) is 5.24. The number of amides is 2. The van der Waals surface area contributed by atoms with Crippen molar-refractivity contribution >= 4 is 23.7 Å². The number of benzene rings is 2. The van der Waals surface area contributed by atoms with Crippen LogP contribution in [0, 0.1) is 16.0 Å². The largest absolute Gasteiger partial charge is 0.497 e. The molecule has 10 heteroatoms. The second-order valence-electron chi connectivity index (χ2n) is 7.25. The van der Waals surface area contributed by atoms with Crippen LogP contribution < -0.4 is 14.9 Å². The van der Waals surface area contributed by atoms with E-state index in [1.54, 1.807) is 35.2 Å². The van der Waals surface area contributed by atoms with Crippen molar-refractivity contribution < 1.29 is 24.0 Å². The Morgan fingerprint density at radius 2 is 1.69 bits per heavy atom. The number of hydrogen-bond acceptors (Lipinski definition) is 7. The van der Waals surface area contributed by atoms with Gasteiger partial charge in [-0.25, -0.2) is 5.43 Å². The molecule has 1 heterocycles. The van der Waals surface area contributed by atoms with E-state index in [-0.39, 0.29) is 23.4 Å². The Labute approximate surface area is 185 Å². The summed E-state index contributed by atoms with van der Waals surface area (Å²) in [6, 6.07) is 10.9. The molecule has 0 spiro atoms. The number of non-ortho nitro benzene ring substituents is 1. The maximum Gasteiger partial charge on any atom is 0.269 e. The zero-order valence-electron chi connectivity index (χ0n) is 17.8. The van der Waals surface area contributed by atoms with E-state index in [1.807, 2.05) is 0 Å². The molecular weight excluding hydrogens is 416 g/mol. The Bertz CT molecular complexity index is 991. The molecule has 32 heavy (non-hydrogen) atoms. The molecule has 1 fully saturated rings. The van der Waals surface area contributed by atoms with E-state index in [2.05, 4.69) is 10.5 Å². The summed E-state index contributed by atoms with van der Waals surface area (Å²) in [5.74, 6) is 0.448. The van der Waals surface area contributed by atoms with Crippen molar-refractivity contribution in [3.8, 4) is 11.5 Å². The first-order chi connectivity index (χ1) is 15.4. The highest BCUT2D eigenvalue weighted by Gasteiger charge is 2.28. The van der Waals surface area contributed by atoms with E-state index in [1.165, 1.54) is 32.6 Å². The summed E-state index contributed by atoms with van der Waals surface area (Å²) in [5.41, 5.74) is 3.59. The lowest BCUT2D eigenvalue weighted by Crippen LogP contribution is -2.42. The van der Waals surface area contributed by atoms with E-state index < -0.39 is 4.92 Å². The van der Waals surface area contributed by atoms with E-state index >= 15 is 0 Å². The summed E-state index contributed by atoms with van der Waals surface area (Å²) < 4.78 is 10.4. The van der Waals surface area contributed by atoms with E-state index in [4.69, 9.17) is 9.47 Å². The topological polar surface area (TPSA) is 123 Å². The number of ether oxygens (including phenoxy) is 2.